The largest absolute Gasteiger partial charge is 0.495 e. The summed E-state index contributed by atoms with van der Waals surface area (Å²) in [5.41, 5.74) is 1.76. The highest BCUT2D eigenvalue weighted by Gasteiger charge is 2.30. The van der Waals surface area contributed by atoms with Crippen LogP contribution in [-0.4, -0.2) is 36.3 Å². The minimum atomic E-state index is -3.59. The van der Waals surface area contributed by atoms with Gasteiger partial charge in [-0.05, 0) is 12.1 Å². The Balaban J connectivity index is 1.97. The summed E-state index contributed by atoms with van der Waals surface area (Å²) in [7, 11) is -2.13. The minimum Gasteiger partial charge on any atom is -0.495 e. The van der Waals surface area contributed by atoms with Crippen LogP contribution in [0.1, 0.15) is 11.3 Å². The molecular weight excluding hydrogens is 290 g/mol. The molecular formula is C14H15N3O3S. The van der Waals surface area contributed by atoms with Gasteiger partial charge >= 0.3 is 0 Å². The van der Waals surface area contributed by atoms with E-state index in [-0.39, 0.29) is 11.4 Å². The van der Waals surface area contributed by atoms with Gasteiger partial charge in [0.1, 0.15) is 17.0 Å². The van der Waals surface area contributed by atoms with Gasteiger partial charge in [-0.25, -0.2) is 18.4 Å². The van der Waals surface area contributed by atoms with Crippen LogP contribution in [0.4, 0.5) is 0 Å². The maximum Gasteiger partial charge on any atom is 0.247 e. The van der Waals surface area contributed by atoms with Gasteiger partial charge in [0.15, 0.2) is 0 Å². The molecule has 0 unspecified atom stereocenters. The van der Waals surface area contributed by atoms with Crippen LogP contribution in [0.15, 0.2) is 41.7 Å². The molecule has 0 saturated carbocycles. The van der Waals surface area contributed by atoms with Gasteiger partial charge < -0.3 is 4.74 Å². The summed E-state index contributed by atoms with van der Waals surface area (Å²) >= 11 is 0. The SMILES string of the molecule is COc1ccccc1S(=O)(=O)N1CCc2ncncc2C1. The number of fused-ring (bicyclic) bond motifs is 1. The molecule has 7 heteroatoms. The van der Waals surface area contributed by atoms with Gasteiger partial charge in [0.05, 0.1) is 7.11 Å². The van der Waals surface area contributed by atoms with Crippen molar-refractivity contribution < 1.29 is 13.2 Å². The molecule has 110 valence electrons. The Morgan fingerprint density at radius 1 is 1.29 bits per heavy atom. The fourth-order valence-electron chi connectivity index (χ4n) is 2.42. The average molecular weight is 305 g/mol. The van der Waals surface area contributed by atoms with E-state index < -0.39 is 10.0 Å². The standard InChI is InChI=1S/C14H15N3O3S/c1-20-13-4-2-3-5-14(13)21(18,19)17-7-6-12-11(9-17)8-15-10-16-12/h2-5,8,10H,6-7,9H2,1H3. The van der Waals surface area contributed by atoms with Crippen LogP contribution < -0.4 is 4.74 Å². The van der Waals surface area contributed by atoms with Gasteiger partial charge in [0.2, 0.25) is 10.0 Å². The molecule has 21 heavy (non-hydrogen) atoms. The van der Waals surface area contributed by atoms with Crippen molar-refractivity contribution in [2.24, 2.45) is 0 Å². The first-order chi connectivity index (χ1) is 10.1. The fraction of sp³-hybridized carbons (Fsp3) is 0.286. The molecule has 0 radical (unpaired) electrons. The number of rotatable bonds is 3. The first-order valence-electron chi connectivity index (χ1n) is 6.54. The molecule has 1 aromatic heterocycles. The van der Waals surface area contributed by atoms with Crippen LogP contribution in [0, 0.1) is 0 Å². The highest BCUT2D eigenvalue weighted by Crippen LogP contribution is 2.29. The molecule has 1 aliphatic heterocycles. The van der Waals surface area contributed by atoms with E-state index in [9.17, 15) is 8.42 Å². The number of methoxy groups -OCH3 is 1. The number of para-hydroxylation sites is 1. The summed E-state index contributed by atoms with van der Waals surface area (Å²) in [6, 6.07) is 6.65. The molecule has 0 saturated heterocycles. The number of benzene rings is 1. The molecule has 3 rings (SSSR count). The Kier molecular flexibility index (Phi) is 3.60. The number of sulfonamides is 1. The smallest absolute Gasteiger partial charge is 0.247 e. The van der Waals surface area contributed by atoms with Gasteiger partial charge in [0.25, 0.3) is 0 Å². The van der Waals surface area contributed by atoms with Gasteiger partial charge in [-0.1, -0.05) is 12.1 Å². The third kappa shape index (κ3) is 2.50. The summed E-state index contributed by atoms with van der Waals surface area (Å²) in [5, 5.41) is 0. The topological polar surface area (TPSA) is 72.4 Å². The molecule has 0 atom stereocenters. The molecule has 6 nitrogen and oxygen atoms in total. The lowest BCUT2D eigenvalue weighted by atomic mass is 10.1. The van der Waals surface area contributed by atoms with Gasteiger partial charge in [-0.3, -0.25) is 0 Å². The van der Waals surface area contributed by atoms with E-state index >= 15 is 0 Å². The summed E-state index contributed by atoms with van der Waals surface area (Å²) in [6.45, 7) is 0.695. The first kappa shape index (κ1) is 14.0. The van der Waals surface area contributed by atoms with E-state index in [0.717, 1.165) is 11.3 Å². The molecule has 2 aromatic rings. The molecule has 0 aliphatic carbocycles. The Morgan fingerprint density at radius 3 is 2.90 bits per heavy atom. The second-order valence-corrected chi connectivity index (χ2v) is 6.64. The lowest BCUT2D eigenvalue weighted by molar-refractivity contribution is 0.375. The maximum absolute atomic E-state index is 12.8. The number of nitrogens with zero attached hydrogens (tertiary/aromatic N) is 3. The first-order valence-corrected chi connectivity index (χ1v) is 7.98. The van der Waals surface area contributed by atoms with Crippen molar-refractivity contribution in [3.05, 3.63) is 48.0 Å². The van der Waals surface area contributed by atoms with Crippen LogP contribution in [0.2, 0.25) is 0 Å². The van der Waals surface area contributed by atoms with Gasteiger partial charge in [-0.15, -0.1) is 0 Å². The Morgan fingerprint density at radius 2 is 2.10 bits per heavy atom. The van der Waals surface area contributed by atoms with Crippen LogP contribution >= 0.6 is 0 Å². The van der Waals surface area contributed by atoms with E-state index in [0.29, 0.717) is 18.7 Å². The van der Waals surface area contributed by atoms with Gasteiger partial charge in [-0.2, -0.15) is 4.31 Å². The lowest BCUT2D eigenvalue weighted by Gasteiger charge is -2.27. The second-order valence-electron chi connectivity index (χ2n) is 4.73. The summed E-state index contributed by atoms with van der Waals surface area (Å²) in [5.74, 6) is 0.354. The monoisotopic (exact) mass is 305 g/mol. The van der Waals surface area contributed by atoms with E-state index in [1.165, 1.54) is 17.7 Å². The number of ether oxygens (including phenoxy) is 1. The van der Waals surface area contributed by atoms with E-state index in [1.54, 1.807) is 30.5 Å². The van der Waals surface area contributed by atoms with Crippen molar-refractivity contribution in [2.45, 2.75) is 17.9 Å². The number of hydrogen-bond donors (Lipinski definition) is 0. The zero-order valence-corrected chi connectivity index (χ0v) is 12.4. The van der Waals surface area contributed by atoms with Crippen LogP contribution in [0.5, 0.6) is 5.75 Å². The Hall–Kier alpha value is -1.99. The molecule has 0 spiro atoms. The summed E-state index contributed by atoms with van der Waals surface area (Å²) < 4.78 is 32.2. The van der Waals surface area contributed by atoms with Crippen LogP contribution in [-0.2, 0) is 23.0 Å². The molecule has 0 fully saturated rings. The summed E-state index contributed by atoms with van der Waals surface area (Å²) in [4.78, 5) is 8.34. The zero-order chi connectivity index (χ0) is 14.9. The van der Waals surface area contributed by atoms with Crippen LogP contribution in [0.25, 0.3) is 0 Å². The van der Waals surface area contributed by atoms with Crippen molar-refractivity contribution in [3.63, 3.8) is 0 Å². The van der Waals surface area contributed by atoms with E-state index in [4.69, 9.17) is 4.74 Å². The van der Waals surface area contributed by atoms with E-state index in [1.807, 2.05) is 0 Å². The highest BCUT2D eigenvalue weighted by atomic mass is 32.2. The van der Waals surface area contributed by atoms with Crippen molar-refractivity contribution in [1.29, 1.82) is 0 Å². The minimum absolute atomic E-state index is 0.188. The normalized spacial score (nSPS) is 15.5. The zero-order valence-electron chi connectivity index (χ0n) is 11.6. The van der Waals surface area contributed by atoms with Crippen molar-refractivity contribution in [1.82, 2.24) is 14.3 Å². The van der Waals surface area contributed by atoms with Gasteiger partial charge in [0, 0.05) is 37.0 Å². The molecule has 0 amide bonds. The quantitative estimate of drug-likeness (QED) is 0.853. The molecule has 0 bridgehead atoms. The predicted octanol–water partition coefficient (Wildman–Crippen LogP) is 1.23. The lowest BCUT2D eigenvalue weighted by Crippen LogP contribution is -2.36. The average Bonchev–Trinajstić information content (AvgIpc) is 2.54. The van der Waals surface area contributed by atoms with Crippen molar-refractivity contribution in [3.8, 4) is 5.75 Å². The number of aromatic nitrogens is 2. The molecule has 1 aromatic carbocycles. The Bertz CT molecular complexity index is 762. The maximum atomic E-state index is 12.8. The number of hydrogen-bond acceptors (Lipinski definition) is 5. The van der Waals surface area contributed by atoms with Crippen molar-refractivity contribution in [2.75, 3.05) is 13.7 Å². The van der Waals surface area contributed by atoms with E-state index in [2.05, 4.69) is 9.97 Å². The van der Waals surface area contributed by atoms with Crippen LogP contribution in [0.3, 0.4) is 0 Å². The fourth-order valence-corrected chi connectivity index (χ4v) is 3.99. The highest BCUT2D eigenvalue weighted by molar-refractivity contribution is 7.89. The Labute approximate surface area is 123 Å². The molecule has 2 heterocycles. The predicted molar refractivity (Wildman–Crippen MR) is 76.3 cm³/mol. The van der Waals surface area contributed by atoms with Crippen molar-refractivity contribution >= 4 is 10.0 Å². The summed E-state index contributed by atoms with van der Waals surface area (Å²) in [6.07, 6.45) is 3.75. The third-order valence-corrected chi connectivity index (χ3v) is 5.40. The second kappa shape index (κ2) is 5.42. The molecule has 1 aliphatic rings. The molecule has 0 N–H and O–H groups in total. The third-order valence-electron chi connectivity index (χ3n) is 3.51.